The third-order valence-corrected chi connectivity index (χ3v) is 8.55. The van der Waals surface area contributed by atoms with Crippen LogP contribution in [0.2, 0.25) is 10.0 Å². The van der Waals surface area contributed by atoms with Gasteiger partial charge in [-0.15, -0.1) is 0 Å². The zero-order valence-electron chi connectivity index (χ0n) is 19.0. The van der Waals surface area contributed by atoms with Crippen LogP contribution in [0, 0.1) is 0 Å². The molecule has 0 unspecified atom stereocenters. The Labute approximate surface area is 222 Å². The molecular weight excluding hydrogens is 539 g/mol. The topological polar surface area (TPSA) is 93.2 Å². The van der Waals surface area contributed by atoms with Crippen LogP contribution in [-0.2, 0) is 21.1 Å². The lowest BCUT2D eigenvalue weighted by Gasteiger charge is -2.04. The minimum Gasteiger partial charge on any atom is -0.302 e. The largest absolute Gasteiger partial charge is 0.302 e. The molecule has 184 valence electrons. The van der Waals surface area contributed by atoms with Gasteiger partial charge in [0.05, 0.1) is 22.8 Å². The number of nitrogens with one attached hydrogen (secondary N) is 1. The zero-order chi connectivity index (χ0) is 25.9. The number of carbonyl (C=O) groups is 2. The summed E-state index contributed by atoms with van der Waals surface area (Å²) in [5.74, 6) is -0.588. The molecule has 0 saturated heterocycles. The molecule has 1 amide bonds. The number of anilines is 1. The molecule has 1 aromatic heterocycles. The van der Waals surface area contributed by atoms with E-state index in [1.54, 1.807) is 67.6 Å². The number of benzene rings is 3. The first-order chi connectivity index (χ1) is 17.2. The Balaban J connectivity index is 1.59. The summed E-state index contributed by atoms with van der Waals surface area (Å²) >= 11 is 13.1. The number of thiazole rings is 1. The van der Waals surface area contributed by atoms with Crippen LogP contribution < -0.4 is 5.32 Å². The van der Waals surface area contributed by atoms with Gasteiger partial charge in [-0.25, -0.2) is 13.4 Å². The van der Waals surface area contributed by atoms with Gasteiger partial charge in [0.1, 0.15) is 4.88 Å². The Morgan fingerprint density at radius 3 is 2.06 bits per heavy atom. The second-order valence-electron chi connectivity index (χ2n) is 7.81. The van der Waals surface area contributed by atoms with Gasteiger partial charge in [0.2, 0.25) is 11.7 Å². The van der Waals surface area contributed by atoms with E-state index in [2.05, 4.69) is 10.3 Å². The summed E-state index contributed by atoms with van der Waals surface area (Å²) in [7, 11) is -3.31. The highest BCUT2D eigenvalue weighted by Gasteiger charge is 2.22. The van der Waals surface area contributed by atoms with E-state index in [9.17, 15) is 18.0 Å². The lowest BCUT2D eigenvalue weighted by atomic mass is 10.1. The predicted octanol–water partition coefficient (Wildman–Crippen LogP) is 6.32. The summed E-state index contributed by atoms with van der Waals surface area (Å²) in [6.07, 6.45) is 0.0166. The molecule has 0 spiro atoms. The van der Waals surface area contributed by atoms with E-state index < -0.39 is 9.84 Å². The molecule has 0 fully saturated rings. The van der Waals surface area contributed by atoms with E-state index in [4.69, 9.17) is 23.2 Å². The van der Waals surface area contributed by atoms with Crippen molar-refractivity contribution in [2.45, 2.75) is 18.2 Å². The van der Waals surface area contributed by atoms with E-state index >= 15 is 0 Å². The van der Waals surface area contributed by atoms with Crippen molar-refractivity contribution in [1.82, 2.24) is 4.98 Å². The minimum atomic E-state index is -3.31. The average molecular weight is 559 g/mol. The highest BCUT2D eigenvalue weighted by molar-refractivity contribution is 7.91. The summed E-state index contributed by atoms with van der Waals surface area (Å²) in [6.45, 7) is 1.58. The summed E-state index contributed by atoms with van der Waals surface area (Å²) in [5.41, 5.74) is 2.20. The number of sulfone groups is 1. The normalized spacial score (nSPS) is 11.3. The summed E-state index contributed by atoms with van der Waals surface area (Å²) < 4.78 is 24.0. The van der Waals surface area contributed by atoms with Crippen LogP contribution >= 0.6 is 34.5 Å². The molecule has 4 rings (SSSR count). The predicted molar refractivity (Wildman–Crippen MR) is 144 cm³/mol. The van der Waals surface area contributed by atoms with Crippen molar-refractivity contribution < 1.29 is 18.0 Å². The van der Waals surface area contributed by atoms with Crippen molar-refractivity contribution in [3.8, 4) is 11.3 Å². The molecule has 0 aliphatic heterocycles. The van der Waals surface area contributed by atoms with Crippen LogP contribution in [0.25, 0.3) is 11.3 Å². The summed E-state index contributed by atoms with van der Waals surface area (Å²) in [5, 5.41) is 4.09. The molecule has 0 aliphatic carbocycles. The van der Waals surface area contributed by atoms with E-state index in [1.165, 1.54) is 12.1 Å². The lowest BCUT2D eigenvalue weighted by Crippen LogP contribution is -2.14. The standard InChI is InChI=1S/C26H20Cl2N2O4S2/c1-2-36(33,34)21-13-3-16(4-14-21)15-22(31)29-26-30-23(17-5-9-19(27)10-6-17)25(35-26)24(32)18-7-11-20(28)12-8-18/h3-14H,2,15H2,1H3,(H,29,30,31). The number of hydrogen-bond donors (Lipinski definition) is 1. The molecule has 4 aromatic rings. The molecule has 0 radical (unpaired) electrons. The number of aromatic nitrogens is 1. The minimum absolute atomic E-state index is 0.00388. The fourth-order valence-electron chi connectivity index (χ4n) is 3.39. The SMILES string of the molecule is CCS(=O)(=O)c1ccc(CC(=O)Nc2nc(-c3ccc(Cl)cc3)c(C(=O)c3ccc(Cl)cc3)s2)cc1. The van der Waals surface area contributed by atoms with Crippen molar-refractivity contribution in [2.75, 3.05) is 11.1 Å². The van der Waals surface area contributed by atoms with Gasteiger partial charge in [0, 0.05) is 21.2 Å². The van der Waals surface area contributed by atoms with E-state index in [0.717, 1.165) is 11.3 Å². The van der Waals surface area contributed by atoms with Crippen molar-refractivity contribution >= 4 is 61.2 Å². The van der Waals surface area contributed by atoms with Crippen LogP contribution in [0.15, 0.2) is 77.7 Å². The van der Waals surface area contributed by atoms with Gasteiger partial charge in [0.15, 0.2) is 15.0 Å². The van der Waals surface area contributed by atoms with Gasteiger partial charge in [-0.1, -0.05) is 65.7 Å². The number of halogens is 2. The van der Waals surface area contributed by atoms with Crippen molar-refractivity contribution in [2.24, 2.45) is 0 Å². The summed E-state index contributed by atoms with van der Waals surface area (Å²) in [6, 6.07) is 19.7. The van der Waals surface area contributed by atoms with Gasteiger partial charge in [-0.3, -0.25) is 9.59 Å². The van der Waals surface area contributed by atoms with Crippen LogP contribution in [0.5, 0.6) is 0 Å². The van der Waals surface area contributed by atoms with Crippen molar-refractivity contribution in [1.29, 1.82) is 0 Å². The molecule has 0 atom stereocenters. The number of carbonyl (C=O) groups excluding carboxylic acids is 2. The second kappa shape index (κ2) is 10.9. The first-order valence-electron chi connectivity index (χ1n) is 10.8. The van der Waals surface area contributed by atoms with Gasteiger partial charge in [-0.2, -0.15) is 0 Å². The first-order valence-corrected chi connectivity index (χ1v) is 14.1. The van der Waals surface area contributed by atoms with E-state index in [-0.39, 0.29) is 33.9 Å². The molecular formula is C26H20Cl2N2O4S2. The Morgan fingerprint density at radius 2 is 1.47 bits per heavy atom. The second-order valence-corrected chi connectivity index (χ2v) is 12.0. The average Bonchev–Trinajstić information content (AvgIpc) is 3.28. The number of rotatable bonds is 8. The van der Waals surface area contributed by atoms with Gasteiger partial charge >= 0.3 is 0 Å². The lowest BCUT2D eigenvalue weighted by molar-refractivity contribution is -0.115. The molecule has 0 aliphatic rings. The molecule has 10 heteroatoms. The fraction of sp³-hybridized carbons (Fsp3) is 0.115. The number of ketones is 1. The van der Waals surface area contributed by atoms with Crippen LogP contribution in [0.3, 0.4) is 0 Å². The van der Waals surface area contributed by atoms with Gasteiger partial charge in [0.25, 0.3) is 0 Å². The smallest absolute Gasteiger partial charge is 0.230 e. The molecule has 1 heterocycles. The fourth-order valence-corrected chi connectivity index (χ4v) is 5.50. The zero-order valence-corrected chi connectivity index (χ0v) is 22.1. The highest BCUT2D eigenvalue weighted by atomic mass is 35.5. The highest BCUT2D eigenvalue weighted by Crippen LogP contribution is 2.34. The molecule has 3 aromatic carbocycles. The van der Waals surface area contributed by atoms with Crippen LogP contribution in [-0.4, -0.2) is 30.8 Å². The molecule has 0 bridgehead atoms. The Bertz CT molecular complexity index is 1510. The van der Waals surface area contributed by atoms with E-state index in [0.29, 0.717) is 37.3 Å². The monoisotopic (exact) mass is 558 g/mol. The molecule has 0 saturated carbocycles. The Hall–Kier alpha value is -3.04. The third kappa shape index (κ3) is 6.02. The Kier molecular flexibility index (Phi) is 7.90. The number of amides is 1. The molecule has 1 N–H and O–H groups in total. The Morgan fingerprint density at radius 1 is 0.889 bits per heavy atom. The number of hydrogen-bond acceptors (Lipinski definition) is 6. The quantitative estimate of drug-likeness (QED) is 0.255. The molecule has 36 heavy (non-hydrogen) atoms. The van der Waals surface area contributed by atoms with Gasteiger partial charge in [-0.05, 0) is 54.1 Å². The maximum Gasteiger partial charge on any atom is 0.230 e. The molecule has 6 nitrogen and oxygen atoms in total. The third-order valence-electron chi connectivity index (χ3n) is 5.33. The van der Waals surface area contributed by atoms with Crippen LogP contribution in [0.4, 0.5) is 5.13 Å². The summed E-state index contributed by atoms with van der Waals surface area (Å²) in [4.78, 5) is 31.1. The van der Waals surface area contributed by atoms with Gasteiger partial charge < -0.3 is 5.32 Å². The van der Waals surface area contributed by atoms with Crippen LogP contribution in [0.1, 0.15) is 27.7 Å². The number of nitrogens with zero attached hydrogens (tertiary/aromatic N) is 1. The first kappa shape index (κ1) is 26.0. The van der Waals surface area contributed by atoms with E-state index in [1.807, 2.05) is 0 Å². The maximum atomic E-state index is 13.3. The maximum absolute atomic E-state index is 13.3. The van der Waals surface area contributed by atoms with Crippen molar-refractivity contribution in [3.63, 3.8) is 0 Å². The van der Waals surface area contributed by atoms with Crippen molar-refractivity contribution in [3.05, 3.63) is 98.8 Å².